The second-order valence-corrected chi connectivity index (χ2v) is 11.1. The van der Waals surface area contributed by atoms with Crippen molar-refractivity contribution < 1.29 is 14.3 Å². The zero-order chi connectivity index (χ0) is 27.1. The smallest absolute Gasteiger partial charge is 0.361 e. The third kappa shape index (κ3) is 5.10. The van der Waals surface area contributed by atoms with Crippen molar-refractivity contribution >= 4 is 23.0 Å². The van der Waals surface area contributed by atoms with Crippen molar-refractivity contribution in [1.29, 1.82) is 0 Å². The third-order valence-electron chi connectivity index (χ3n) is 6.93. The van der Waals surface area contributed by atoms with Crippen molar-refractivity contribution in [3.63, 3.8) is 0 Å². The predicted octanol–water partition coefficient (Wildman–Crippen LogP) is 4.16. The van der Waals surface area contributed by atoms with Crippen molar-refractivity contribution in [3.8, 4) is 5.75 Å². The van der Waals surface area contributed by atoms with Crippen LogP contribution in [0, 0.1) is 12.3 Å². The topological polar surface area (TPSA) is 124 Å². The molecule has 0 spiro atoms. The summed E-state index contributed by atoms with van der Waals surface area (Å²) in [5, 5.41) is 11.1. The molecular weight excluding hydrogens is 474 g/mol. The lowest BCUT2D eigenvalue weighted by Gasteiger charge is -2.35. The van der Waals surface area contributed by atoms with E-state index >= 15 is 0 Å². The molecule has 0 saturated heterocycles. The highest BCUT2D eigenvalue weighted by molar-refractivity contribution is 5.94. The molecule has 0 bridgehead atoms. The Kier molecular flexibility index (Phi) is 6.87. The molecule has 37 heavy (non-hydrogen) atoms. The number of methoxy groups -OCH3 is 1. The number of hydrogen-bond acceptors (Lipinski definition) is 9. The number of nitrogens with one attached hydrogen (secondary N) is 2. The number of nitrogens with zero attached hydrogens (tertiary/aromatic N) is 3. The van der Waals surface area contributed by atoms with Crippen LogP contribution in [0.1, 0.15) is 81.2 Å². The number of aromatic nitrogens is 3. The fraction of sp³-hybridized carbons (Fsp3) is 0.519. The molecule has 2 aromatic heterocycles. The van der Waals surface area contributed by atoms with Gasteiger partial charge in [-0.15, -0.1) is 0 Å². The molecule has 1 saturated carbocycles. The zero-order valence-corrected chi connectivity index (χ0v) is 22.5. The van der Waals surface area contributed by atoms with E-state index in [1.807, 2.05) is 20.2 Å². The van der Waals surface area contributed by atoms with Crippen LogP contribution in [0.5, 0.6) is 5.75 Å². The Hall–Kier alpha value is -3.69. The van der Waals surface area contributed by atoms with Gasteiger partial charge in [0.25, 0.3) is 10.9 Å². The van der Waals surface area contributed by atoms with Crippen LogP contribution in [0.2, 0.25) is 0 Å². The number of pyridine rings is 1. The number of aryl methyl sites for hydroxylation is 2. The molecule has 10 nitrogen and oxygen atoms in total. The van der Waals surface area contributed by atoms with Crippen LogP contribution >= 0.6 is 0 Å². The standard InChI is InChI=1S/C27H35N5O5/c1-15-14-32(6)31-17(15)24(27(5)11-8-9-12-27)30-19-18(21(33)22(19)34)29-16-10-13-28-20(23(16)36-7)25(35)37-26(2,3)4/h10,13-14,24,30H,8-9,11-12H2,1-7H3,(H,28,29). The minimum Gasteiger partial charge on any atom is -0.492 e. The summed E-state index contributed by atoms with van der Waals surface area (Å²) in [7, 11) is 3.27. The van der Waals surface area contributed by atoms with Gasteiger partial charge in [0.15, 0.2) is 11.4 Å². The average Bonchev–Trinajstić information content (AvgIpc) is 3.41. The fourth-order valence-corrected chi connectivity index (χ4v) is 5.11. The molecule has 2 heterocycles. The normalized spacial score (nSPS) is 16.0. The van der Waals surface area contributed by atoms with E-state index in [1.165, 1.54) is 13.3 Å². The van der Waals surface area contributed by atoms with Crippen LogP contribution in [0.3, 0.4) is 0 Å². The van der Waals surface area contributed by atoms with E-state index in [1.54, 1.807) is 31.5 Å². The summed E-state index contributed by atoms with van der Waals surface area (Å²) in [5.41, 5.74) is 0.389. The first-order chi connectivity index (χ1) is 17.3. The average molecular weight is 510 g/mol. The summed E-state index contributed by atoms with van der Waals surface area (Å²) in [6.07, 6.45) is 7.52. The van der Waals surface area contributed by atoms with Crippen molar-refractivity contribution in [3.05, 3.63) is 55.9 Å². The Labute approximate surface area is 216 Å². The summed E-state index contributed by atoms with van der Waals surface area (Å²) >= 11 is 0. The Balaban J connectivity index is 1.70. The highest BCUT2D eigenvalue weighted by Gasteiger charge is 2.41. The molecule has 2 N–H and O–H groups in total. The highest BCUT2D eigenvalue weighted by atomic mass is 16.6. The summed E-state index contributed by atoms with van der Waals surface area (Å²) in [5.74, 6) is -0.535. The molecule has 1 atom stereocenters. The summed E-state index contributed by atoms with van der Waals surface area (Å²) in [6, 6.07) is 1.32. The zero-order valence-electron chi connectivity index (χ0n) is 22.5. The maximum Gasteiger partial charge on any atom is 0.361 e. The quantitative estimate of drug-likeness (QED) is 0.340. The highest BCUT2D eigenvalue weighted by Crippen LogP contribution is 2.49. The van der Waals surface area contributed by atoms with Gasteiger partial charge in [0.2, 0.25) is 0 Å². The van der Waals surface area contributed by atoms with E-state index in [9.17, 15) is 14.4 Å². The van der Waals surface area contributed by atoms with E-state index in [0.29, 0.717) is 5.69 Å². The van der Waals surface area contributed by atoms with Crippen molar-refractivity contribution in [2.75, 3.05) is 17.7 Å². The van der Waals surface area contributed by atoms with Crippen LogP contribution in [-0.4, -0.2) is 33.4 Å². The molecule has 0 radical (unpaired) electrons. The maximum atomic E-state index is 12.8. The number of hydrogen-bond donors (Lipinski definition) is 2. The van der Waals surface area contributed by atoms with E-state index in [-0.39, 0.29) is 34.3 Å². The van der Waals surface area contributed by atoms with Gasteiger partial charge < -0.3 is 20.1 Å². The first kappa shape index (κ1) is 26.4. The monoisotopic (exact) mass is 509 g/mol. The number of anilines is 3. The Morgan fingerprint density at radius 2 is 1.81 bits per heavy atom. The molecule has 4 rings (SSSR count). The van der Waals surface area contributed by atoms with Gasteiger partial charge in [-0.1, -0.05) is 19.8 Å². The molecule has 3 aromatic rings. The van der Waals surface area contributed by atoms with Crippen molar-refractivity contribution in [1.82, 2.24) is 14.8 Å². The lowest BCUT2D eigenvalue weighted by Crippen LogP contribution is -2.40. The molecule has 1 aliphatic rings. The lowest BCUT2D eigenvalue weighted by atomic mass is 9.78. The molecule has 0 aliphatic heterocycles. The van der Waals surface area contributed by atoms with Gasteiger partial charge in [0.1, 0.15) is 17.0 Å². The molecule has 1 aromatic carbocycles. The first-order valence-electron chi connectivity index (χ1n) is 12.5. The van der Waals surface area contributed by atoms with Crippen LogP contribution in [0.4, 0.5) is 17.1 Å². The minimum atomic E-state index is -0.724. The second kappa shape index (κ2) is 9.64. The summed E-state index contributed by atoms with van der Waals surface area (Å²) in [6.45, 7) is 9.46. The van der Waals surface area contributed by atoms with Gasteiger partial charge >= 0.3 is 5.97 Å². The van der Waals surface area contributed by atoms with Crippen molar-refractivity contribution in [2.24, 2.45) is 12.5 Å². The maximum absolute atomic E-state index is 12.8. The summed E-state index contributed by atoms with van der Waals surface area (Å²) < 4.78 is 12.7. The number of carbonyl (C=O) groups is 1. The van der Waals surface area contributed by atoms with Gasteiger partial charge in [-0.2, -0.15) is 5.10 Å². The van der Waals surface area contributed by atoms with E-state index in [0.717, 1.165) is 36.9 Å². The Bertz CT molecular complexity index is 1390. The van der Waals surface area contributed by atoms with Crippen LogP contribution in [0.25, 0.3) is 0 Å². The Morgan fingerprint density at radius 1 is 1.16 bits per heavy atom. The first-order valence-corrected chi connectivity index (χ1v) is 12.5. The lowest BCUT2D eigenvalue weighted by molar-refractivity contribution is 0.00596. The molecular formula is C27H35N5O5. The molecule has 198 valence electrons. The molecule has 0 amide bonds. The fourth-order valence-electron chi connectivity index (χ4n) is 5.11. The van der Waals surface area contributed by atoms with Crippen LogP contribution in [0.15, 0.2) is 28.0 Å². The van der Waals surface area contributed by atoms with E-state index in [2.05, 4.69) is 27.6 Å². The van der Waals surface area contributed by atoms with E-state index < -0.39 is 22.4 Å². The molecule has 1 fully saturated rings. The number of esters is 1. The molecule has 1 unspecified atom stereocenters. The van der Waals surface area contributed by atoms with Gasteiger partial charge in [0.05, 0.1) is 24.5 Å². The van der Waals surface area contributed by atoms with E-state index in [4.69, 9.17) is 9.47 Å². The van der Waals surface area contributed by atoms with Gasteiger partial charge in [-0.25, -0.2) is 9.78 Å². The summed E-state index contributed by atoms with van der Waals surface area (Å²) in [4.78, 5) is 42.3. The Morgan fingerprint density at radius 3 is 2.38 bits per heavy atom. The second-order valence-electron chi connectivity index (χ2n) is 11.1. The SMILES string of the molecule is COc1c(Nc2c(NC(c3nn(C)cc3C)C3(C)CCCC3)c(=O)c2=O)ccnc1C(=O)OC(C)(C)C. The molecule has 10 heteroatoms. The van der Waals surface area contributed by atoms with Crippen LogP contribution < -0.4 is 26.2 Å². The van der Waals surface area contributed by atoms with Crippen LogP contribution in [-0.2, 0) is 11.8 Å². The van der Waals surface area contributed by atoms with Gasteiger partial charge in [-0.3, -0.25) is 14.3 Å². The number of ether oxygens (including phenoxy) is 2. The number of carbonyl (C=O) groups excluding carboxylic acids is 1. The minimum absolute atomic E-state index is 0.0314. The number of rotatable bonds is 8. The predicted molar refractivity (Wildman–Crippen MR) is 141 cm³/mol. The van der Waals surface area contributed by atoms with Gasteiger partial charge in [-0.05, 0) is 57.6 Å². The largest absolute Gasteiger partial charge is 0.492 e. The third-order valence-corrected chi connectivity index (χ3v) is 6.93. The van der Waals surface area contributed by atoms with Gasteiger partial charge in [0, 0.05) is 19.4 Å². The van der Waals surface area contributed by atoms with Crippen molar-refractivity contribution in [2.45, 2.75) is 71.9 Å². The molecule has 1 aliphatic carbocycles.